The summed E-state index contributed by atoms with van der Waals surface area (Å²) in [6.07, 6.45) is 1.61. The van der Waals surface area contributed by atoms with Gasteiger partial charge in [0.2, 0.25) is 0 Å². The van der Waals surface area contributed by atoms with E-state index < -0.39 is 5.79 Å². The lowest BCUT2D eigenvalue weighted by molar-refractivity contribution is -0.786. The third kappa shape index (κ3) is 2.26. The molecule has 0 bridgehead atoms. The highest BCUT2D eigenvalue weighted by Crippen LogP contribution is 2.47. The molecule has 3 aromatic rings. The van der Waals surface area contributed by atoms with E-state index in [1.54, 1.807) is 6.29 Å². The molecule has 0 saturated heterocycles. The molecule has 4 rings (SSSR count). The van der Waals surface area contributed by atoms with Crippen LogP contribution >= 0.6 is 0 Å². The van der Waals surface area contributed by atoms with Gasteiger partial charge in [-0.1, -0.05) is 66.7 Å². The average Bonchev–Trinajstić information content (AvgIpc) is 2.68. The third-order valence-corrected chi connectivity index (χ3v) is 4.48. The van der Waals surface area contributed by atoms with Gasteiger partial charge >= 0.3 is 12.1 Å². The Morgan fingerprint density at radius 3 is 2.12 bits per heavy atom. The van der Waals surface area contributed by atoms with Crippen molar-refractivity contribution in [3.63, 3.8) is 0 Å². The fourth-order valence-corrected chi connectivity index (χ4v) is 3.37. The Morgan fingerprint density at radius 2 is 1.42 bits per heavy atom. The van der Waals surface area contributed by atoms with Crippen LogP contribution < -0.4 is 5.26 Å². The molecule has 3 nitrogen and oxygen atoms in total. The summed E-state index contributed by atoms with van der Waals surface area (Å²) in [5.41, 5.74) is 3.63. The van der Waals surface area contributed by atoms with Gasteiger partial charge < -0.3 is 10.1 Å². The normalized spacial score (nSPS) is 22.1. The first-order valence-corrected chi connectivity index (χ1v) is 7.86. The van der Waals surface area contributed by atoms with Crippen LogP contribution in [0, 0.1) is 0 Å². The fourth-order valence-electron chi connectivity index (χ4n) is 3.37. The van der Waals surface area contributed by atoms with E-state index in [1.165, 1.54) is 0 Å². The lowest BCUT2D eigenvalue weighted by Crippen LogP contribution is -2.42. The number of hydrogen-bond acceptors (Lipinski definition) is 2. The average molecular weight is 316 g/mol. The molecule has 3 aromatic carbocycles. The number of hydrogen-bond donors (Lipinski definition) is 0. The van der Waals surface area contributed by atoms with E-state index in [1.807, 2.05) is 84.9 Å². The van der Waals surface area contributed by atoms with E-state index in [0.29, 0.717) is 5.56 Å². The lowest BCUT2D eigenvalue weighted by atomic mass is 9.78. The van der Waals surface area contributed by atoms with Crippen LogP contribution in [0.25, 0.3) is 0 Å². The highest BCUT2D eigenvalue weighted by Gasteiger charge is 2.55. The van der Waals surface area contributed by atoms with Crippen molar-refractivity contribution >= 4 is 6.29 Å². The minimum absolute atomic E-state index is 0.361. The van der Waals surface area contributed by atoms with Crippen molar-refractivity contribution in [3.8, 4) is 0 Å². The van der Waals surface area contributed by atoms with Crippen molar-refractivity contribution in [3.05, 3.63) is 107 Å². The van der Waals surface area contributed by atoms with Crippen molar-refractivity contribution in [2.45, 2.75) is 11.7 Å². The molecule has 0 aromatic heterocycles. The molecular formula is C21H16O3. The van der Waals surface area contributed by atoms with Gasteiger partial charge in [-0.05, 0) is 29.3 Å². The first-order chi connectivity index (χ1) is 11.8. The van der Waals surface area contributed by atoms with E-state index in [0.717, 1.165) is 16.7 Å². The second-order valence-corrected chi connectivity index (χ2v) is 5.83. The summed E-state index contributed by atoms with van der Waals surface area (Å²) >= 11 is 0. The van der Waals surface area contributed by atoms with Crippen molar-refractivity contribution in [1.29, 1.82) is 0 Å². The molecule has 118 valence electrons. The van der Waals surface area contributed by atoms with Crippen LogP contribution in [-0.4, -0.2) is 6.29 Å². The van der Waals surface area contributed by atoms with Gasteiger partial charge in [0.25, 0.3) is 0 Å². The summed E-state index contributed by atoms with van der Waals surface area (Å²) in [5.74, 6) is -1.79. The van der Waals surface area contributed by atoms with E-state index in [4.69, 9.17) is 9.31 Å². The second kappa shape index (κ2) is 6.04. The number of benzene rings is 3. The maximum atomic E-state index is 12.0. The minimum Gasteiger partial charge on any atom is -0.716 e. The van der Waals surface area contributed by atoms with Crippen LogP contribution in [0.15, 0.2) is 84.9 Å². The highest BCUT2D eigenvalue weighted by atomic mass is 17.1. The molecule has 0 saturated carbocycles. The van der Waals surface area contributed by atoms with Gasteiger partial charge in [-0.2, -0.15) is 0 Å². The Labute approximate surface area is 140 Å². The predicted octanol–water partition coefficient (Wildman–Crippen LogP) is 3.33. The summed E-state index contributed by atoms with van der Waals surface area (Å²) in [6, 6.07) is 27.1. The lowest BCUT2D eigenvalue weighted by Gasteiger charge is -2.34. The summed E-state index contributed by atoms with van der Waals surface area (Å²) in [4.78, 5) is 4.79. The number of rotatable bonds is 3. The number of carbonyl (C=O) groups excluding carboxylic acids is 1. The maximum Gasteiger partial charge on any atom is 0.419 e. The topological polar surface area (TPSA) is 43.6 Å². The number of fused-ring (bicyclic) bond motifs is 1. The summed E-state index contributed by atoms with van der Waals surface area (Å²) < 4.78 is 5.93. The largest absolute Gasteiger partial charge is 0.716 e. The SMILES string of the molecule is [O-]O[C@@]1(c2ccccc2)[O+]=Cc2ccccc2[C@@H]1c1ccccc1. The molecule has 2 atom stereocenters. The van der Waals surface area contributed by atoms with Gasteiger partial charge in [0, 0.05) is 0 Å². The Hall–Kier alpha value is -2.75. The van der Waals surface area contributed by atoms with Crippen molar-refractivity contribution in [1.82, 2.24) is 0 Å². The van der Waals surface area contributed by atoms with Gasteiger partial charge in [0.1, 0.15) is 5.92 Å². The first-order valence-electron chi connectivity index (χ1n) is 7.86. The van der Waals surface area contributed by atoms with Gasteiger partial charge in [0.05, 0.1) is 11.1 Å². The van der Waals surface area contributed by atoms with Crippen molar-refractivity contribution < 1.29 is 14.6 Å². The van der Waals surface area contributed by atoms with Crippen molar-refractivity contribution in [2.24, 2.45) is 0 Å². The molecular weight excluding hydrogens is 300 g/mol. The van der Waals surface area contributed by atoms with Gasteiger partial charge in [-0.15, -0.1) is 0 Å². The van der Waals surface area contributed by atoms with E-state index in [2.05, 4.69) is 0 Å². The zero-order valence-electron chi connectivity index (χ0n) is 13.0. The molecule has 3 heteroatoms. The highest BCUT2D eigenvalue weighted by molar-refractivity contribution is 5.79. The summed E-state index contributed by atoms with van der Waals surface area (Å²) in [7, 11) is 0. The van der Waals surface area contributed by atoms with Crippen LogP contribution in [-0.2, 0) is 10.7 Å². The van der Waals surface area contributed by atoms with Crippen LogP contribution in [0.2, 0.25) is 0 Å². The Morgan fingerprint density at radius 1 is 0.792 bits per heavy atom. The zero-order valence-corrected chi connectivity index (χ0v) is 13.0. The van der Waals surface area contributed by atoms with Gasteiger partial charge in [-0.25, -0.2) is 4.42 Å². The smallest absolute Gasteiger partial charge is 0.419 e. The van der Waals surface area contributed by atoms with Crippen LogP contribution in [0.5, 0.6) is 0 Å². The van der Waals surface area contributed by atoms with Gasteiger partial charge in [-0.3, -0.25) is 0 Å². The minimum atomic E-state index is -1.43. The fraction of sp³-hybridized carbons (Fsp3) is 0.0952. The molecule has 0 aliphatic carbocycles. The predicted molar refractivity (Wildman–Crippen MR) is 89.3 cm³/mol. The molecule has 1 aliphatic rings. The standard InChI is InChI=1S/C21H16O3/c22-24-21(18-12-5-2-6-13-18)20(16-9-3-1-4-10-16)19-14-8-7-11-17(19)15-23-21/h1-15,20H/t20-,21+/m0/s1. The third-order valence-electron chi connectivity index (χ3n) is 4.48. The Bertz CT molecular complexity index is 859. The number of aldehydes is 1. The van der Waals surface area contributed by atoms with E-state index >= 15 is 0 Å². The zero-order chi connectivity index (χ0) is 16.4. The Balaban J connectivity index is 1.99. The molecule has 0 amide bonds. The molecule has 24 heavy (non-hydrogen) atoms. The van der Waals surface area contributed by atoms with E-state index in [9.17, 15) is 5.26 Å². The molecule has 0 spiro atoms. The van der Waals surface area contributed by atoms with Crippen LogP contribution in [0.1, 0.15) is 32.6 Å². The summed E-state index contributed by atoms with van der Waals surface area (Å²) in [5, 5.41) is 12.0. The quantitative estimate of drug-likeness (QED) is 0.322. The van der Waals surface area contributed by atoms with Crippen LogP contribution in [0.3, 0.4) is 0 Å². The summed E-state index contributed by atoms with van der Waals surface area (Å²) in [6.45, 7) is 0. The second-order valence-electron chi connectivity index (χ2n) is 5.83. The molecule has 0 N–H and O–H groups in total. The molecule has 1 heterocycles. The molecule has 0 fully saturated rings. The van der Waals surface area contributed by atoms with Crippen LogP contribution in [0.4, 0.5) is 0 Å². The van der Waals surface area contributed by atoms with E-state index in [-0.39, 0.29) is 5.92 Å². The Kier molecular flexibility index (Phi) is 3.73. The monoisotopic (exact) mass is 316 g/mol. The molecule has 0 radical (unpaired) electrons. The maximum absolute atomic E-state index is 12.0. The molecule has 0 unspecified atom stereocenters. The van der Waals surface area contributed by atoms with Crippen molar-refractivity contribution in [2.75, 3.05) is 0 Å². The molecule has 1 aliphatic heterocycles. The first kappa shape index (κ1) is 14.8. The van der Waals surface area contributed by atoms with Gasteiger partial charge in [0.15, 0.2) is 0 Å².